The minimum Gasteiger partial charge on any atom is -0.481 e. The average molecular weight is 300 g/mol. The van der Waals surface area contributed by atoms with Crippen LogP contribution in [0.25, 0.3) is 0 Å². The molecule has 0 aliphatic carbocycles. The molecular weight excluding hydrogens is 276 g/mol. The average Bonchev–Trinajstić information content (AvgIpc) is 2.46. The number of carbonyl (C=O) groups is 2. The molecule has 0 bridgehead atoms. The van der Waals surface area contributed by atoms with E-state index in [0.717, 1.165) is 43.9 Å². The Hall–Kier alpha value is -0.750. The van der Waals surface area contributed by atoms with Crippen molar-refractivity contribution in [1.29, 1.82) is 0 Å². The van der Waals surface area contributed by atoms with Crippen LogP contribution in [0.15, 0.2) is 0 Å². The van der Waals surface area contributed by atoms with Gasteiger partial charge < -0.3 is 15.3 Å². The number of hydrogen-bond acceptors (Lipinski definition) is 4. The van der Waals surface area contributed by atoms with Crippen molar-refractivity contribution in [2.24, 2.45) is 0 Å². The fraction of sp³-hybridized carbons (Fsp3) is 0.857. The molecule has 0 aromatic heterocycles. The number of likely N-dealkylation sites (tertiary alicyclic amines) is 1. The first kappa shape index (κ1) is 15.6. The molecule has 2 N–H and O–H groups in total. The van der Waals surface area contributed by atoms with Crippen LogP contribution < -0.4 is 5.32 Å². The van der Waals surface area contributed by atoms with Gasteiger partial charge in [0.25, 0.3) is 0 Å². The van der Waals surface area contributed by atoms with Crippen LogP contribution in [0.5, 0.6) is 0 Å². The number of aliphatic carboxylic acids is 1. The predicted octanol–water partition coefficient (Wildman–Crippen LogP) is 1.33. The van der Waals surface area contributed by atoms with Crippen molar-refractivity contribution in [1.82, 2.24) is 10.2 Å². The molecule has 0 saturated carbocycles. The second kappa shape index (κ2) is 7.88. The van der Waals surface area contributed by atoms with Crippen LogP contribution >= 0.6 is 11.8 Å². The summed E-state index contributed by atoms with van der Waals surface area (Å²) in [4.78, 5) is 25.1. The van der Waals surface area contributed by atoms with E-state index in [4.69, 9.17) is 5.11 Å². The zero-order valence-corrected chi connectivity index (χ0v) is 12.7. The fourth-order valence-corrected chi connectivity index (χ4v) is 3.95. The largest absolute Gasteiger partial charge is 0.481 e. The summed E-state index contributed by atoms with van der Waals surface area (Å²) in [6.07, 6.45) is 4.40. The van der Waals surface area contributed by atoms with Gasteiger partial charge >= 0.3 is 5.97 Å². The monoisotopic (exact) mass is 300 g/mol. The second-order valence-electron chi connectivity index (χ2n) is 5.60. The van der Waals surface area contributed by atoms with Crippen LogP contribution in [-0.4, -0.2) is 58.6 Å². The molecule has 2 aliphatic heterocycles. The van der Waals surface area contributed by atoms with Crippen LogP contribution in [0.1, 0.15) is 38.5 Å². The van der Waals surface area contributed by atoms with Gasteiger partial charge in [0.2, 0.25) is 5.91 Å². The zero-order chi connectivity index (χ0) is 14.4. The highest BCUT2D eigenvalue weighted by molar-refractivity contribution is 7.99. The van der Waals surface area contributed by atoms with Gasteiger partial charge in [0.1, 0.15) is 0 Å². The Morgan fingerprint density at radius 3 is 2.90 bits per heavy atom. The highest BCUT2D eigenvalue weighted by Gasteiger charge is 2.28. The second-order valence-corrected chi connectivity index (χ2v) is 6.75. The number of piperidine rings is 1. The molecule has 5 nitrogen and oxygen atoms in total. The number of carboxylic acids is 1. The molecule has 0 aromatic rings. The Balaban J connectivity index is 1.85. The minimum atomic E-state index is -0.770. The van der Waals surface area contributed by atoms with Gasteiger partial charge in [0.15, 0.2) is 0 Å². The third-order valence-electron chi connectivity index (χ3n) is 4.06. The third-order valence-corrected chi connectivity index (χ3v) is 5.19. The third kappa shape index (κ3) is 4.66. The van der Waals surface area contributed by atoms with E-state index >= 15 is 0 Å². The summed E-state index contributed by atoms with van der Waals surface area (Å²) in [6, 6.07) is 0.409. The first-order valence-corrected chi connectivity index (χ1v) is 8.64. The van der Waals surface area contributed by atoms with Gasteiger partial charge in [-0.15, -0.1) is 0 Å². The lowest BCUT2D eigenvalue weighted by atomic mass is 9.97. The van der Waals surface area contributed by atoms with E-state index in [9.17, 15) is 9.59 Å². The molecule has 114 valence electrons. The van der Waals surface area contributed by atoms with Crippen molar-refractivity contribution in [3.05, 3.63) is 0 Å². The van der Waals surface area contributed by atoms with E-state index in [1.54, 1.807) is 0 Å². The van der Waals surface area contributed by atoms with E-state index in [2.05, 4.69) is 5.32 Å². The first-order valence-electron chi connectivity index (χ1n) is 7.49. The number of nitrogens with zero attached hydrogens (tertiary/aromatic N) is 1. The molecule has 6 heteroatoms. The zero-order valence-electron chi connectivity index (χ0n) is 11.8. The maximum Gasteiger partial charge on any atom is 0.303 e. The van der Waals surface area contributed by atoms with Crippen molar-refractivity contribution in [2.45, 2.75) is 50.6 Å². The van der Waals surface area contributed by atoms with Crippen LogP contribution in [-0.2, 0) is 9.59 Å². The van der Waals surface area contributed by atoms with Crippen molar-refractivity contribution >= 4 is 23.6 Å². The van der Waals surface area contributed by atoms with Crippen LogP contribution in [0.3, 0.4) is 0 Å². The molecule has 2 saturated heterocycles. The lowest BCUT2D eigenvalue weighted by Gasteiger charge is -2.37. The lowest BCUT2D eigenvalue weighted by Crippen LogP contribution is -2.47. The highest BCUT2D eigenvalue weighted by Crippen LogP contribution is 2.22. The normalized spacial score (nSPS) is 27.3. The van der Waals surface area contributed by atoms with E-state index in [0.29, 0.717) is 12.8 Å². The number of carbonyl (C=O) groups excluding carboxylic acids is 1. The fourth-order valence-electron chi connectivity index (χ4n) is 3.00. The molecule has 2 rings (SSSR count). The lowest BCUT2D eigenvalue weighted by molar-refractivity contribution is -0.140. The van der Waals surface area contributed by atoms with E-state index in [1.807, 2.05) is 16.7 Å². The Bertz CT molecular complexity index is 345. The smallest absolute Gasteiger partial charge is 0.303 e. The minimum absolute atomic E-state index is 0.128. The molecule has 20 heavy (non-hydrogen) atoms. The number of rotatable bonds is 5. The van der Waals surface area contributed by atoms with Crippen molar-refractivity contribution in [3.8, 4) is 0 Å². The summed E-state index contributed by atoms with van der Waals surface area (Å²) in [7, 11) is 0. The summed E-state index contributed by atoms with van der Waals surface area (Å²) in [5, 5.41) is 12.2. The van der Waals surface area contributed by atoms with Gasteiger partial charge in [-0.1, -0.05) is 0 Å². The van der Waals surface area contributed by atoms with Gasteiger partial charge in [0.05, 0.1) is 0 Å². The highest BCUT2D eigenvalue weighted by atomic mass is 32.2. The Morgan fingerprint density at radius 2 is 2.20 bits per heavy atom. The van der Waals surface area contributed by atoms with Crippen molar-refractivity contribution < 1.29 is 14.7 Å². The number of amides is 1. The number of nitrogens with one attached hydrogen (secondary N) is 1. The van der Waals surface area contributed by atoms with E-state index in [-0.39, 0.29) is 24.4 Å². The molecule has 2 fully saturated rings. The molecule has 2 unspecified atom stereocenters. The van der Waals surface area contributed by atoms with E-state index in [1.165, 1.54) is 0 Å². The standard InChI is InChI=1S/C14H24N2O3S/c17-13(9-11-10-20-8-6-15-11)16-7-2-1-3-12(16)4-5-14(18)19/h11-12,15H,1-10H2,(H,18,19). The summed E-state index contributed by atoms with van der Waals surface area (Å²) in [5.41, 5.74) is 0. The van der Waals surface area contributed by atoms with Crippen molar-refractivity contribution in [3.63, 3.8) is 0 Å². The molecular formula is C14H24N2O3S. The Labute approximate surface area is 124 Å². The molecule has 2 atom stereocenters. The van der Waals surface area contributed by atoms with Crippen molar-refractivity contribution in [2.75, 3.05) is 24.6 Å². The maximum absolute atomic E-state index is 12.5. The van der Waals surface area contributed by atoms with Gasteiger partial charge in [-0.05, 0) is 25.7 Å². The van der Waals surface area contributed by atoms with Crippen LogP contribution in [0.2, 0.25) is 0 Å². The summed E-state index contributed by atoms with van der Waals surface area (Å²) >= 11 is 1.90. The predicted molar refractivity (Wildman–Crippen MR) is 80.0 cm³/mol. The van der Waals surface area contributed by atoms with Gasteiger partial charge in [0, 0.05) is 49.5 Å². The molecule has 2 aliphatic rings. The van der Waals surface area contributed by atoms with Gasteiger partial charge in [-0.25, -0.2) is 0 Å². The Kier molecular flexibility index (Phi) is 6.16. The Morgan fingerprint density at radius 1 is 1.35 bits per heavy atom. The van der Waals surface area contributed by atoms with Crippen LogP contribution in [0, 0.1) is 0 Å². The topological polar surface area (TPSA) is 69.6 Å². The molecule has 0 spiro atoms. The number of thioether (sulfide) groups is 1. The number of hydrogen-bond donors (Lipinski definition) is 2. The number of carboxylic acid groups (broad SMARTS) is 1. The SMILES string of the molecule is O=C(O)CCC1CCCCN1C(=O)CC1CSCCN1. The van der Waals surface area contributed by atoms with Crippen LogP contribution in [0.4, 0.5) is 0 Å². The molecule has 1 amide bonds. The molecule has 0 radical (unpaired) electrons. The summed E-state index contributed by atoms with van der Waals surface area (Å²) in [5.74, 6) is 1.54. The van der Waals surface area contributed by atoms with E-state index < -0.39 is 5.97 Å². The first-order chi connectivity index (χ1) is 9.66. The summed E-state index contributed by atoms with van der Waals surface area (Å²) < 4.78 is 0. The quantitative estimate of drug-likeness (QED) is 0.801. The maximum atomic E-state index is 12.5. The van der Waals surface area contributed by atoms with Gasteiger partial charge in [-0.2, -0.15) is 11.8 Å². The van der Waals surface area contributed by atoms with Gasteiger partial charge in [-0.3, -0.25) is 9.59 Å². The summed E-state index contributed by atoms with van der Waals surface area (Å²) in [6.45, 7) is 1.77. The molecule has 0 aromatic carbocycles. The molecule has 2 heterocycles.